The minimum atomic E-state index is -0.473. The molecule has 0 aliphatic rings. The van der Waals surface area contributed by atoms with Crippen LogP contribution in [0.4, 0.5) is 0 Å². The summed E-state index contributed by atoms with van der Waals surface area (Å²) in [5, 5.41) is 11.2. The van der Waals surface area contributed by atoms with Crippen LogP contribution in [0.15, 0.2) is 47.3 Å². The molecule has 0 amide bonds. The van der Waals surface area contributed by atoms with Crippen molar-refractivity contribution in [1.29, 1.82) is 5.26 Å². The van der Waals surface area contributed by atoms with Crippen LogP contribution in [-0.2, 0) is 0 Å². The lowest BCUT2D eigenvalue weighted by molar-refractivity contribution is 1.08. The molecule has 96 valence electrons. The van der Waals surface area contributed by atoms with Gasteiger partial charge in [-0.25, -0.2) is 0 Å². The summed E-state index contributed by atoms with van der Waals surface area (Å²) in [4.78, 5) is 17.2. The Morgan fingerprint density at radius 1 is 1.05 bits per heavy atom. The molecule has 3 aromatic rings. The average Bonchev–Trinajstić information content (AvgIpc) is 2.46. The third kappa shape index (κ3) is 1.92. The quantitative estimate of drug-likeness (QED) is 0.672. The van der Waals surface area contributed by atoms with Crippen LogP contribution in [-0.4, -0.2) is 9.97 Å². The maximum Gasteiger partial charge on any atom is 0.270 e. The Hall–Kier alpha value is -2.71. The number of nitrogens with zero attached hydrogens (tertiary/aromatic N) is 1. The standard InChI is InChI=1S/C15H9N3OS/c16-8-12-13(17-15(20)18-14(12)19)11-7-3-5-9-4-1-2-6-10(9)11/h1-7H,(H2,17,18,19,20). The molecule has 5 heteroatoms. The van der Waals surface area contributed by atoms with E-state index in [4.69, 9.17) is 12.2 Å². The molecule has 3 rings (SSSR count). The molecule has 1 heterocycles. The summed E-state index contributed by atoms with van der Waals surface area (Å²) in [6, 6.07) is 15.4. The average molecular weight is 279 g/mol. The molecule has 0 saturated carbocycles. The second kappa shape index (κ2) is 4.76. The molecule has 1 aromatic heterocycles. The van der Waals surface area contributed by atoms with Crippen molar-refractivity contribution in [3.05, 3.63) is 63.2 Å². The van der Waals surface area contributed by atoms with Crippen LogP contribution >= 0.6 is 12.2 Å². The summed E-state index contributed by atoms with van der Waals surface area (Å²) < 4.78 is 0.205. The summed E-state index contributed by atoms with van der Waals surface area (Å²) in [5.41, 5.74) is 0.809. The van der Waals surface area contributed by atoms with Gasteiger partial charge in [0.1, 0.15) is 11.6 Å². The Bertz CT molecular complexity index is 958. The van der Waals surface area contributed by atoms with Gasteiger partial charge < -0.3 is 4.98 Å². The normalized spacial score (nSPS) is 10.3. The second-order valence-corrected chi connectivity index (χ2v) is 4.71. The van der Waals surface area contributed by atoms with Gasteiger partial charge >= 0.3 is 0 Å². The largest absolute Gasteiger partial charge is 0.331 e. The van der Waals surface area contributed by atoms with Crippen molar-refractivity contribution in [2.75, 3.05) is 0 Å². The fourth-order valence-corrected chi connectivity index (χ4v) is 2.43. The first kappa shape index (κ1) is 12.3. The van der Waals surface area contributed by atoms with Crippen molar-refractivity contribution in [2.24, 2.45) is 0 Å². The number of nitrogens with one attached hydrogen (secondary N) is 2. The van der Waals surface area contributed by atoms with E-state index in [2.05, 4.69) is 9.97 Å². The van der Waals surface area contributed by atoms with Crippen LogP contribution in [0.2, 0.25) is 0 Å². The topological polar surface area (TPSA) is 72.4 Å². The first-order valence-corrected chi connectivity index (χ1v) is 6.36. The van der Waals surface area contributed by atoms with Gasteiger partial charge in [0.25, 0.3) is 5.56 Å². The lowest BCUT2D eigenvalue weighted by Gasteiger charge is -2.08. The third-order valence-corrected chi connectivity index (χ3v) is 3.32. The van der Waals surface area contributed by atoms with Gasteiger partial charge in [-0.2, -0.15) is 5.26 Å². The molecule has 0 aliphatic heterocycles. The van der Waals surface area contributed by atoms with Crippen molar-refractivity contribution in [1.82, 2.24) is 9.97 Å². The van der Waals surface area contributed by atoms with Gasteiger partial charge in [0.15, 0.2) is 4.77 Å². The molecule has 0 saturated heterocycles. The smallest absolute Gasteiger partial charge is 0.270 e. The summed E-state index contributed by atoms with van der Waals surface area (Å²) in [6.45, 7) is 0. The van der Waals surface area contributed by atoms with E-state index in [9.17, 15) is 10.1 Å². The van der Waals surface area contributed by atoms with Crippen molar-refractivity contribution >= 4 is 23.0 Å². The van der Waals surface area contributed by atoms with Crippen LogP contribution in [0, 0.1) is 16.1 Å². The summed E-state index contributed by atoms with van der Waals surface area (Å²) in [5.74, 6) is 0. The predicted molar refractivity (Wildman–Crippen MR) is 79.9 cm³/mol. The molecule has 0 fully saturated rings. The molecule has 2 N–H and O–H groups in total. The minimum Gasteiger partial charge on any atom is -0.331 e. The highest BCUT2D eigenvalue weighted by molar-refractivity contribution is 7.71. The zero-order valence-corrected chi connectivity index (χ0v) is 11.1. The van der Waals surface area contributed by atoms with Gasteiger partial charge in [-0.1, -0.05) is 42.5 Å². The third-order valence-electron chi connectivity index (χ3n) is 3.11. The van der Waals surface area contributed by atoms with E-state index in [1.54, 1.807) is 0 Å². The molecule has 0 atom stereocenters. The van der Waals surface area contributed by atoms with Crippen LogP contribution in [0.5, 0.6) is 0 Å². The number of nitriles is 1. The highest BCUT2D eigenvalue weighted by Gasteiger charge is 2.12. The van der Waals surface area contributed by atoms with Crippen molar-refractivity contribution in [3.63, 3.8) is 0 Å². The van der Waals surface area contributed by atoms with E-state index in [1.165, 1.54) is 0 Å². The van der Waals surface area contributed by atoms with Gasteiger partial charge in [0.05, 0.1) is 5.69 Å². The molecule has 4 nitrogen and oxygen atoms in total. The number of fused-ring (bicyclic) bond motifs is 1. The van der Waals surface area contributed by atoms with Crippen LogP contribution in [0.25, 0.3) is 22.0 Å². The van der Waals surface area contributed by atoms with Crippen LogP contribution in [0.3, 0.4) is 0 Å². The Kier molecular flexibility index (Phi) is 2.93. The van der Waals surface area contributed by atoms with Gasteiger partial charge in [-0.05, 0) is 23.0 Å². The number of aromatic amines is 2. The maximum absolute atomic E-state index is 11.8. The monoisotopic (exact) mass is 279 g/mol. The summed E-state index contributed by atoms with van der Waals surface area (Å²) in [6.07, 6.45) is 0. The van der Waals surface area contributed by atoms with Crippen molar-refractivity contribution in [3.8, 4) is 17.3 Å². The van der Waals surface area contributed by atoms with Crippen LogP contribution in [0.1, 0.15) is 5.56 Å². The predicted octanol–water partition coefficient (Wildman–Crippen LogP) is 3.12. The van der Waals surface area contributed by atoms with E-state index in [-0.39, 0.29) is 10.3 Å². The number of hydrogen-bond donors (Lipinski definition) is 2. The molecular formula is C15H9N3OS. The number of benzene rings is 2. The Balaban J connectivity index is 2.47. The van der Waals surface area contributed by atoms with E-state index in [1.807, 2.05) is 48.5 Å². The van der Waals surface area contributed by atoms with Crippen molar-refractivity contribution in [2.45, 2.75) is 0 Å². The van der Waals surface area contributed by atoms with Gasteiger partial charge in [-0.3, -0.25) is 9.78 Å². The molecule has 0 radical (unpaired) electrons. The number of H-pyrrole nitrogens is 2. The molecule has 2 aromatic carbocycles. The van der Waals surface area contributed by atoms with E-state index >= 15 is 0 Å². The Morgan fingerprint density at radius 2 is 1.80 bits per heavy atom. The first-order valence-electron chi connectivity index (χ1n) is 5.95. The summed E-state index contributed by atoms with van der Waals surface area (Å²) >= 11 is 5.00. The first-order chi connectivity index (χ1) is 9.70. The minimum absolute atomic E-state index is 0.0370. The zero-order chi connectivity index (χ0) is 14.1. The second-order valence-electron chi connectivity index (χ2n) is 4.30. The lowest BCUT2D eigenvalue weighted by Crippen LogP contribution is -2.13. The van der Waals surface area contributed by atoms with E-state index in [0.717, 1.165) is 16.3 Å². The lowest BCUT2D eigenvalue weighted by atomic mass is 10.00. The maximum atomic E-state index is 11.8. The number of aromatic nitrogens is 2. The molecule has 0 bridgehead atoms. The number of hydrogen-bond acceptors (Lipinski definition) is 3. The summed E-state index contributed by atoms with van der Waals surface area (Å²) in [7, 11) is 0. The van der Waals surface area contributed by atoms with E-state index < -0.39 is 5.56 Å². The Morgan fingerprint density at radius 3 is 2.60 bits per heavy atom. The fourth-order valence-electron chi connectivity index (χ4n) is 2.24. The van der Waals surface area contributed by atoms with Gasteiger partial charge in [-0.15, -0.1) is 0 Å². The van der Waals surface area contributed by atoms with Crippen molar-refractivity contribution < 1.29 is 0 Å². The van der Waals surface area contributed by atoms with Crippen LogP contribution < -0.4 is 5.56 Å². The molecule has 20 heavy (non-hydrogen) atoms. The highest BCUT2D eigenvalue weighted by atomic mass is 32.1. The molecule has 0 spiro atoms. The highest BCUT2D eigenvalue weighted by Crippen LogP contribution is 2.27. The molecular weight excluding hydrogens is 270 g/mol. The van der Waals surface area contributed by atoms with Gasteiger partial charge in [0, 0.05) is 5.56 Å². The van der Waals surface area contributed by atoms with E-state index in [0.29, 0.717) is 5.69 Å². The molecule has 0 unspecified atom stereocenters. The fraction of sp³-hybridized carbons (Fsp3) is 0. The zero-order valence-electron chi connectivity index (χ0n) is 10.3. The number of rotatable bonds is 1. The SMILES string of the molecule is N#Cc1c(-c2cccc3ccccc23)[nH]c(=S)[nH]c1=O. The Labute approximate surface area is 119 Å². The van der Waals surface area contributed by atoms with Gasteiger partial charge in [0.2, 0.25) is 0 Å². The molecule has 0 aliphatic carbocycles.